The molecule has 0 radical (unpaired) electrons. The first-order valence-corrected chi connectivity index (χ1v) is 10.1. The highest BCUT2D eigenvalue weighted by Crippen LogP contribution is 2.26. The van der Waals surface area contributed by atoms with Gasteiger partial charge < -0.3 is 4.74 Å². The SMILES string of the molecule is CC1=NN(c2ccccc2)C(=O)/C1=C\c1ccc(OCc2ccc(Cl)c(Cl)c2)cc1. The number of benzene rings is 3. The fourth-order valence-electron chi connectivity index (χ4n) is 3.05. The van der Waals surface area contributed by atoms with E-state index in [0.717, 1.165) is 22.6 Å². The maximum Gasteiger partial charge on any atom is 0.280 e. The van der Waals surface area contributed by atoms with Crippen LogP contribution in [0.15, 0.2) is 83.5 Å². The zero-order valence-corrected chi connectivity index (χ0v) is 17.7. The summed E-state index contributed by atoms with van der Waals surface area (Å²) >= 11 is 12.0. The van der Waals surface area contributed by atoms with E-state index in [4.69, 9.17) is 27.9 Å². The van der Waals surface area contributed by atoms with E-state index in [1.54, 1.807) is 12.1 Å². The van der Waals surface area contributed by atoms with Crippen LogP contribution in [0, 0.1) is 0 Å². The predicted octanol–water partition coefficient (Wildman–Crippen LogP) is 6.38. The number of ether oxygens (including phenoxy) is 1. The Kier molecular flexibility index (Phi) is 5.88. The second kappa shape index (κ2) is 8.74. The lowest BCUT2D eigenvalue weighted by Crippen LogP contribution is -2.21. The summed E-state index contributed by atoms with van der Waals surface area (Å²) in [6, 6.07) is 22.3. The molecule has 0 aliphatic carbocycles. The number of hydrazone groups is 1. The van der Waals surface area contributed by atoms with Gasteiger partial charge in [-0.1, -0.05) is 59.6 Å². The summed E-state index contributed by atoms with van der Waals surface area (Å²) in [4.78, 5) is 12.8. The Morgan fingerprint density at radius 1 is 0.967 bits per heavy atom. The molecular weight excluding hydrogens is 419 g/mol. The summed E-state index contributed by atoms with van der Waals surface area (Å²) < 4.78 is 5.81. The molecule has 3 aromatic carbocycles. The first kappa shape index (κ1) is 20.2. The van der Waals surface area contributed by atoms with Gasteiger partial charge in [0.05, 0.1) is 27.0 Å². The fraction of sp³-hybridized carbons (Fsp3) is 0.0833. The number of nitrogens with zero attached hydrogens (tertiary/aromatic N) is 2. The third kappa shape index (κ3) is 4.40. The van der Waals surface area contributed by atoms with Crippen molar-refractivity contribution in [2.45, 2.75) is 13.5 Å². The van der Waals surface area contributed by atoms with Crippen LogP contribution in [-0.4, -0.2) is 11.6 Å². The monoisotopic (exact) mass is 436 g/mol. The van der Waals surface area contributed by atoms with Crippen LogP contribution in [0.3, 0.4) is 0 Å². The Morgan fingerprint density at radius 3 is 2.40 bits per heavy atom. The van der Waals surface area contributed by atoms with Crippen molar-refractivity contribution in [1.82, 2.24) is 0 Å². The van der Waals surface area contributed by atoms with Gasteiger partial charge in [-0.25, -0.2) is 0 Å². The van der Waals surface area contributed by atoms with Crippen molar-refractivity contribution in [2.24, 2.45) is 5.10 Å². The van der Waals surface area contributed by atoms with Gasteiger partial charge >= 0.3 is 0 Å². The van der Waals surface area contributed by atoms with Gasteiger partial charge in [0.2, 0.25) is 0 Å². The molecule has 0 saturated heterocycles. The molecule has 1 aliphatic rings. The zero-order valence-electron chi connectivity index (χ0n) is 16.2. The standard InChI is InChI=1S/C24H18Cl2N2O2/c1-16-21(24(29)28(27-16)19-5-3-2-4-6-19)13-17-7-10-20(11-8-17)30-15-18-9-12-22(25)23(26)14-18/h2-14H,15H2,1H3/b21-13-. The molecular formula is C24H18Cl2N2O2. The molecule has 3 aromatic rings. The van der Waals surface area contributed by atoms with Gasteiger partial charge in [0.1, 0.15) is 12.4 Å². The molecule has 150 valence electrons. The van der Waals surface area contributed by atoms with E-state index in [0.29, 0.717) is 27.9 Å². The van der Waals surface area contributed by atoms with E-state index in [-0.39, 0.29) is 5.91 Å². The minimum atomic E-state index is -0.140. The van der Waals surface area contributed by atoms with E-state index >= 15 is 0 Å². The molecule has 0 aromatic heterocycles. The molecule has 0 spiro atoms. The Labute approximate surface area is 185 Å². The van der Waals surface area contributed by atoms with Gasteiger partial charge in [0, 0.05) is 0 Å². The van der Waals surface area contributed by atoms with Crippen LogP contribution in [0.25, 0.3) is 6.08 Å². The lowest BCUT2D eigenvalue weighted by Gasteiger charge is -2.11. The number of carbonyl (C=O) groups is 1. The van der Waals surface area contributed by atoms with Gasteiger partial charge in [-0.2, -0.15) is 10.1 Å². The van der Waals surface area contributed by atoms with Crippen LogP contribution in [0.1, 0.15) is 18.1 Å². The molecule has 4 nitrogen and oxygen atoms in total. The molecule has 1 aliphatic heterocycles. The Hall–Kier alpha value is -3.08. The quantitative estimate of drug-likeness (QED) is 0.435. The van der Waals surface area contributed by atoms with Crippen molar-refractivity contribution >= 4 is 46.6 Å². The molecule has 0 unspecified atom stereocenters. The number of hydrogen-bond acceptors (Lipinski definition) is 3. The van der Waals surface area contributed by atoms with Crippen LogP contribution in [0.4, 0.5) is 5.69 Å². The first-order valence-electron chi connectivity index (χ1n) is 9.35. The van der Waals surface area contributed by atoms with Crippen LogP contribution in [-0.2, 0) is 11.4 Å². The van der Waals surface area contributed by atoms with Crippen molar-refractivity contribution < 1.29 is 9.53 Å². The third-order valence-electron chi connectivity index (χ3n) is 4.64. The molecule has 0 fully saturated rings. The second-order valence-electron chi connectivity index (χ2n) is 6.80. The molecule has 0 N–H and O–H groups in total. The van der Waals surface area contributed by atoms with Gasteiger partial charge in [-0.05, 0) is 60.5 Å². The second-order valence-corrected chi connectivity index (χ2v) is 7.62. The molecule has 0 atom stereocenters. The Morgan fingerprint density at radius 2 is 1.70 bits per heavy atom. The summed E-state index contributed by atoms with van der Waals surface area (Å²) in [7, 11) is 0. The Bertz CT molecular complexity index is 1140. The minimum absolute atomic E-state index is 0.140. The van der Waals surface area contributed by atoms with Crippen LogP contribution < -0.4 is 9.75 Å². The number of amides is 1. The van der Waals surface area contributed by atoms with Crippen molar-refractivity contribution in [3.05, 3.63) is 99.5 Å². The maximum atomic E-state index is 12.8. The smallest absolute Gasteiger partial charge is 0.280 e. The number of halogens is 2. The average Bonchev–Trinajstić information content (AvgIpc) is 3.04. The summed E-state index contributed by atoms with van der Waals surface area (Å²) in [6.07, 6.45) is 1.84. The van der Waals surface area contributed by atoms with Crippen molar-refractivity contribution in [3.8, 4) is 5.75 Å². The normalized spacial score (nSPS) is 14.9. The highest BCUT2D eigenvalue weighted by molar-refractivity contribution is 6.42. The largest absolute Gasteiger partial charge is 0.489 e. The van der Waals surface area contributed by atoms with Crippen LogP contribution in [0.2, 0.25) is 10.0 Å². The van der Waals surface area contributed by atoms with Gasteiger partial charge in [-0.15, -0.1) is 0 Å². The zero-order chi connectivity index (χ0) is 21.1. The minimum Gasteiger partial charge on any atom is -0.489 e. The first-order chi connectivity index (χ1) is 14.5. The van der Waals surface area contributed by atoms with E-state index in [1.165, 1.54) is 5.01 Å². The maximum absolute atomic E-state index is 12.8. The highest BCUT2D eigenvalue weighted by atomic mass is 35.5. The summed E-state index contributed by atoms with van der Waals surface area (Å²) in [5.74, 6) is 0.580. The molecule has 4 rings (SSSR count). The topological polar surface area (TPSA) is 41.9 Å². The molecule has 1 amide bonds. The summed E-state index contributed by atoms with van der Waals surface area (Å²) in [5, 5.41) is 6.84. The van der Waals surface area contributed by atoms with E-state index < -0.39 is 0 Å². The molecule has 30 heavy (non-hydrogen) atoms. The highest BCUT2D eigenvalue weighted by Gasteiger charge is 2.28. The van der Waals surface area contributed by atoms with Crippen molar-refractivity contribution in [3.63, 3.8) is 0 Å². The summed E-state index contributed by atoms with van der Waals surface area (Å²) in [6.45, 7) is 2.22. The summed E-state index contributed by atoms with van der Waals surface area (Å²) in [5.41, 5.74) is 3.83. The van der Waals surface area contributed by atoms with Gasteiger partial charge in [0.15, 0.2) is 0 Å². The fourth-order valence-corrected chi connectivity index (χ4v) is 3.37. The lowest BCUT2D eigenvalue weighted by molar-refractivity contribution is -0.114. The Balaban J connectivity index is 1.45. The lowest BCUT2D eigenvalue weighted by atomic mass is 10.1. The number of hydrogen-bond donors (Lipinski definition) is 0. The molecule has 1 heterocycles. The average molecular weight is 437 g/mol. The van der Waals surface area contributed by atoms with E-state index in [1.807, 2.05) is 73.7 Å². The van der Waals surface area contributed by atoms with Gasteiger partial charge in [-0.3, -0.25) is 4.79 Å². The van der Waals surface area contributed by atoms with E-state index in [9.17, 15) is 4.79 Å². The van der Waals surface area contributed by atoms with Crippen molar-refractivity contribution in [1.29, 1.82) is 0 Å². The van der Waals surface area contributed by atoms with Crippen molar-refractivity contribution in [2.75, 3.05) is 5.01 Å². The number of anilines is 1. The van der Waals surface area contributed by atoms with Crippen LogP contribution >= 0.6 is 23.2 Å². The molecule has 6 heteroatoms. The molecule has 0 saturated carbocycles. The third-order valence-corrected chi connectivity index (χ3v) is 5.38. The predicted molar refractivity (Wildman–Crippen MR) is 122 cm³/mol. The van der Waals surface area contributed by atoms with Gasteiger partial charge in [0.25, 0.3) is 5.91 Å². The van der Waals surface area contributed by atoms with E-state index in [2.05, 4.69) is 5.10 Å². The molecule has 0 bridgehead atoms. The number of rotatable bonds is 5. The number of carbonyl (C=O) groups excluding carboxylic acids is 1. The number of para-hydroxylation sites is 1. The van der Waals surface area contributed by atoms with Crippen LogP contribution in [0.5, 0.6) is 5.75 Å².